The molecule has 2 aromatic carbocycles. The Balaban J connectivity index is 1.56. The molecule has 0 unspecified atom stereocenters. The highest BCUT2D eigenvalue weighted by Crippen LogP contribution is 2.30. The maximum atomic E-state index is 13.5. The molecule has 0 bridgehead atoms. The number of carbonyl (C=O) groups is 1. The van der Waals surface area contributed by atoms with Gasteiger partial charge in [0.1, 0.15) is 16.5 Å². The summed E-state index contributed by atoms with van der Waals surface area (Å²) in [6.45, 7) is 0.609. The molecule has 0 fully saturated rings. The molecular formula is C24H17ClN4O2S. The molecule has 5 aromatic rings. The number of aromatic nitrogens is 4. The van der Waals surface area contributed by atoms with Gasteiger partial charge in [0.15, 0.2) is 0 Å². The molecule has 0 radical (unpaired) electrons. The van der Waals surface area contributed by atoms with E-state index in [4.69, 9.17) is 16.3 Å². The van der Waals surface area contributed by atoms with Crippen LogP contribution < -0.4 is 4.74 Å². The van der Waals surface area contributed by atoms with Crippen molar-refractivity contribution in [1.29, 1.82) is 0 Å². The quantitative estimate of drug-likeness (QED) is 0.313. The van der Waals surface area contributed by atoms with Crippen LogP contribution in [0.4, 0.5) is 0 Å². The normalized spacial score (nSPS) is 11.1. The minimum absolute atomic E-state index is 0.136. The summed E-state index contributed by atoms with van der Waals surface area (Å²) in [6, 6.07) is 15.3. The van der Waals surface area contributed by atoms with Gasteiger partial charge in [-0.05, 0) is 42.0 Å². The summed E-state index contributed by atoms with van der Waals surface area (Å²) < 4.78 is 7.46. The summed E-state index contributed by atoms with van der Waals surface area (Å²) in [5.74, 6) is 0.556. The number of carbonyl (C=O) groups excluding carboxylic acids is 1. The van der Waals surface area contributed by atoms with Gasteiger partial charge >= 0.3 is 0 Å². The van der Waals surface area contributed by atoms with E-state index in [2.05, 4.69) is 19.7 Å². The molecule has 5 rings (SSSR count). The standard InChI is InChI=1S/C24H17ClN4O2S/c1-31-18-6-7-22-19(10-18)20(13-29(22)12-15-2-4-17(25)5-3-15)23(30)21-14-32-24(28-21)16-8-9-26-27-11-16/h2-11,13-14H,12H2,1H3. The molecule has 8 heteroatoms. The third-order valence-electron chi connectivity index (χ3n) is 5.17. The second kappa shape index (κ2) is 8.53. The number of nitrogens with zero attached hydrogens (tertiary/aromatic N) is 4. The average molecular weight is 461 g/mol. The van der Waals surface area contributed by atoms with E-state index in [1.165, 1.54) is 11.3 Å². The van der Waals surface area contributed by atoms with Gasteiger partial charge in [0.05, 0.1) is 19.5 Å². The van der Waals surface area contributed by atoms with Crippen LogP contribution >= 0.6 is 22.9 Å². The predicted molar refractivity (Wildman–Crippen MR) is 126 cm³/mol. The molecule has 0 saturated heterocycles. The van der Waals surface area contributed by atoms with Crippen molar-refractivity contribution in [1.82, 2.24) is 19.7 Å². The van der Waals surface area contributed by atoms with Crippen LogP contribution in [-0.4, -0.2) is 32.6 Å². The number of methoxy groups -OCH3 is 1. The first kappa shape index (κ1) is 20.4. The highest BCUT2D eigenvalue weighted by atomic mass is 35.5. The topological polar surface area (TPSA) is 69.9 Å². The van der Waals surface area contributed by atoms with Crippen molar-refractivity contribution >= 4 is 39.6 Å². The number of benzene rings is 2. The smallest absolute Gasteiger partial charge is 0.214 e. The fourth-order valence-electron chi connectivity index (χ4n) is 3.57. The summed E-state index contributed by atoms with van der Waals surface area (Å²) >= 11 is 7.43. The molecule has 158 valence electrons. The number of rotatable bonds is 6. The van der Waals surface area contributed by atoms with Crippen LogP contribution in [0.25, 0.3) is 21.5 Å². The lowest BCUT2D eigenvalue weighted by molar-refractivity contribution is 0.103. The van der Waals surface area contributed by atoms with Crippen LogP contribution in [0.5, 0.6) is 5.75 Å². The second-order valence-electron chi connectivity index (χ2n) is 7.18. The van der Waals surface area contributed by atoms with Gasteiger partial charge in [-0.1, -0.05) is 23.7 Å². The predicted octanol–water partition coefficient (Wildman–Crippen LogP) is 5.50. The molecule has 0 N–H and O–H groups in total. The Bertz CT molecular complexity index is 1410. The molecule has 0 aliphatic rings. The number of halogens is 1. The van der Waals surface area contributed by atoms with E-state index in [0.29, 0.717) is 28.6 Å². The van der Waals surface area contributed by atoms with Crippen molar-refractivity contribution in [2.24, 2.45) is 0 Å². The summed E-state index contributed by atoms with van der Waals surface area (Å²) in [5, 5.41) is 11.7. The van der Waals surface area contributed by atoms with Crippen LogP contribution in [0.3, 0.4) is 0 Å². The maximum Gasteiger partial charge on any atom is 0.214 e. The Hall–Kier alpha value is -3.55. The monoisotopic (exact) mass is 460 g/mol. The van der Waals surface area contributed by atoms with E-state index >= 15 is 0 Å². The van der Waals surface area contributed by atoms with E-state index in [9.17, 15) is 4.79 Å². The fourth-order valence-corrected chi connectivity index (χ4v) is 4.48. The van der Waals surface area contributed by atoms with Gasteiger partial charge in [-0.3, -0.25) is 4.79 Å². The molecular weight excluding hydrogens is 444 g/mol. The van der Waals surface area contributed by atoms with Crippen LogP contribution in [-0.2, 0) is 6.54 Å². The number of hydrogen-bond donors (Lipinski definition) is 0. The van der Waals surface area contributed by atoms with Crippen LogP contribution in [0.1, 0.15) is 21.6 Å². The highest BCUT2D eigenvalue weighted by molar-refractivity contribution is 7.13. The minimum Gasteiger partial charge on any atom is -0.497 e. The fraction of sp³-hybridized carbons (Fsp3) is 0.0833. The first-order valence-electron chi connectivity index (χ1n) is 9.81. The third kappa shape index (κ3) is 3.88. The van der Waals surface area contributed by atoms with Gasteiger partial charge in [0.2, 0.25) is 5.78 Å². The SMILES string of the molecule is COc1ccc2c(c1)c(C(=O)c1csc(-c3ccnnc3)n1)cn2Cc1ccc(Cl)cc1. The van der Waals surface area contributed by atoms with Crippen molar-refractivity contribution in [3.63, 3.8) is 0 Å². The average Bonchev–Trinajstić information content (AvgIpc) is 3.46. The molecule has 0 saturated carbocycles. The third-order valence-corrected chi connectivity index (χ3v) is 6.31. The lowest BCUT2D eigenvalue weighted by atomic mass is 10.1. The Morgan fingerprint density at radius 2 is 1.97 bits per heavy atom. The lowest BCUT2D eigenvalue weighted by Gasteiger charge is -2.06. The Labute approximate surface area is 193 Å². The van der Waals surface area contributed by atoms with E-state index in [-0.39, 0.29) is 5.78 Å². The van der Waals surface area contributed by atoms with Crippen LogP contribution in [0.15, 0.2) is 72.5 Å². The summed E-state index contributed by atoms with van der Waals surface area (Å²) in [7, 11) is 1.61. The first-order valence-corrected chi connectivity index (χ1v) is 11.1. The number of fused-ring (bicyclic) bond motifs is 1. The summed E-state index contributed by atoms with van der Waals surface area (Å²) in [5.41, 5.74) is 3.84. The van der Waals surface area contributed by atoms with Crippen molar-refractivity contribution in [2.75, 3.05) is 7.11 Å². The minimum atomic E-state index is -0.136. The van der Waals surface area contributed by atoms with Gasteiger partial charge in [-0.15, -0.1) is 11.3 Å². The van der Waals surface area contributed by atoms with Crippen molar-refractivity contribution in [3.05, 3.63) is 94.3 Å². The highest BCUT2D eigenvalue weighted by Gasteiger charge is 2.20. The zero-order valence-corrected chi connectivity index (χ0v) is 18.6. The zero-order valence-electron chi connectivity index (χ0n) is 17.0. The maximum absolute atomic E-state index is 13.5. The van der Waals surface area contributed by atoms with E-state index in [1.807, 2.05) is 54.7 Å². The van der Waals surface area contributed by atoms with Crippen LogP contribution in [0, 0.1) is 0 Å². The van der Waals surface area contributed by atoms with Crippen molar-refractivity contribution in [3.8, 4) is 16.3 Å². The van der Waals surface area contributed by atoms with Gasteiger partial charge in [0, 0.05) is 45.2 Å². The van der Waals surface area contributed by atoms with Gasteiger partial charge in [-0.2, -0.15) is 10.2 Å². The zero-order chi connectivity index (χ0) is 22.1. The number of ether oxygens (including phenoxy) is 1. The van der Waals surface area contributed by atoms with Crippen molar-refractivity contribution < 1.29 is 9.53 Å². The molecule has 0 atom stereocenters. The molecule has 6 nitrogen and oxygen atoms in total. The number of hydrogen-bond acceptors (Lipinski definition) is 6. The van der Waals surface area contributed by atoms with Gasteiger partial charge < -0.3 is 9.30 Å². The molecule has 3 heterocycles. The lowest BCUT2D eigenvalue weighted by Crippen LogP contribution is -2.02. The first-order chi connectivity index (χ1) is 15.6. The molecule has 0 aliphatic carbocycles. The van der Waals surface area contributed by atoms with Crippen molar-refractivity contribution in [2.45, 2.75) is 6.54 Å². The number of thiazole rings is 1. The Kier molecular flexibility index (Phi) is 5.43. The summed E-state index contributed by atoms with van der Waals surface area (Å²) in [4.78, 5) is 18.0. The molecule has 3 aromatic heterocycles. The molecule has 0 spiro atoms. The van der Waals surface area contributed by atoms with E-state index < -0.39 is 0 Å². The van der Waals surface area contributed by atoms with E-state index in [1.54, 1.807) is 24.9 Å². The van der Waals surface area contributed by atoms with Crippen LogP contribution in [0.2, 0.25) is 5.02 Å². The van der Waals surface area contributed by atoms with E-state index in [0.717, 1.165) is 27.0 Å². The number of ketones is 1. The molecule has 0 aliphatic heterocycles. The summed E-state index contributed by atoms with van der Waals surface area (Å²) in [6.07, 6.45) is 5.12. The van der Waals surface area contributed by atoms with Gasteiger partial charge in [-0.25, -0.2) is 4.98 Å². The Morgan fingerprint density at radius 3 is 2.72 bits per heavy atom. The largest absolute Gasteiger partial charge is 0.497 e. The Morgan fingerprint density at radius 1 is 1.12 bits per heavy atom. The molecule has 32 heavy (non-hydrogen) atoms. The molecule has 0 amide bonds. The second-order valence-corrected chi connectivity index (χ2v) is 8.47. The van der Waals surface area contributed by atoms with Gasteiger partial charge in [0.25, 0.3) is 0 Å².